The topological polar surface area (TPSA) is 71.3 Å². The highest BCUT2D eigenvalue weighted by atomic mass is 16.2. The van der Waals surface area contributed by atoms with E-state index in [2.05, 4.69) is 27.2 Å². The number of hydrogen-bond acceptors (Lipinski definition) is 5. The Kier molecular flexibility index (Phi) is 4.81. The standard InChI is InChI=1S/C24H25N5O2/c1-16-10-11-21(26-25-16)28-13-18-14-29(24(31)19-9-6-12-27(2)23(19)30)22(20(18)15-28)17-7-4-3-5-8-17/h3-12,18,20,22H,13-15H2,1-2H3/t18-,20-,22-/m0/s1. The van der Waals surface area contributed by atoms with Gasteiger partial charge in [0.1, 0.15) is 5.56 Å². The lowest BCUT2D eigenvalue weighted by atomic mass is 9.89. The average molecular weight is 415 g/mol. The van der Waals surface area contributed by atoms with E-state index < -0.39 is 0 Å². The molecule has 158 valence electrons. The van der Waals surface area contributed by atoms with Crippen LogP contribution in [0, 0.1) is 18.8 Å². The molecule has 4 heterocycles. The Bertz CT molecular complexity index is 1160. The Morgan fingerprint density at radius 3 is 2.52 bits per heavy atom. The minimum absolute atomic E-state index is 0.0768. The van der Waals surface area contributed by atoms with Gasteiger partial charge >= 0.3 is 0 Å². The molecule has 0 bridgehead atoms. The third-order valence-electron chi connectivity index (χ3n) is 6.53. The van der Waals surface area contributed by atoms with Crippen LogP contribution in [0.5, 0.6) is 0 Å². The second-order valence-electron chi connectivity index (χ2n) is 8.51. The molecule has 31 heavy (non-hydrogen) atoms. The summed E-state index contributed by atoms with van der Waals surface area (Å²) in [7, 11) is 1.67. The molecule has 1 amide bonds. The Balaban J connectivity index is 1.48. The first kappa shape index (κ1) is 19.5. The van der Waals surface area contributed by atoms with Gasteiger partial charge in [-0.1, -0.05) is 30.3 Å². The number of hydrogen-bond donors (Lipinski definition) is 0. The zero-order valence-corrected chi connectivity index (χ0v) is 17.7. The summed E-state index contributed by atoms with van der Waals surface area (Å²) in [5, 5.41) is 8.56. The molecule has 2 aliphatic heterocycles. The number of likely N-dealkylation sites (tertiary alicyclic amines) is 1. The average Bonchev–Trinajstić information content (AvgIpc) is 3.34. The first-order chi connectivity index (χ1) is 15.0. The monoisotopic (exact) mass is 415 g/mol. The van der Waals surface area contributed by atoms with Crippen LogP contribution in [0.4, 0.5) is 5.82 Å². The van der Waals surface area contributed by atoms with Crippen LogP contribution >= 0.6 is 0 Å². The molecule has 2 fully saturated rings. The van der Waals surface area contributed by atoms with Gasteiger partial charge in [0, 0.05) is 44.7 Å². The number of aryl methyl sites for hydroxylation is 2. The van der Waals surface area contributed by atoms with Crippen molar-refractivity contribution in [3.63, 3.8) is 0 Å². The van der Waals surface area contributed by atoms with E-state index in [0.29, 0.717) is 12.5 Å². The summed E-state index contributed by atoms with van der Waals surface area (Å²) in [6, 6.07) is 17.4. The summed E-state index contributed by atoms with van der Waals surface area (Å²) < 4.78 is 1.46. The van der Waals surface area contributed by atoms with E-state index in [1.807, 2.05) is 42.2 Å². The maximum atomic E-state index is 13.5. The summed E-state index contributed by atoms with van der Waals surface area (Å²) in [6.07, 6.45) is 1.67. The van der Waals surface area contributed by atoms with E-state index in [1.54, 1.807) is 25.4 Å². The lowest BCUT2D eigenvalue weighted by Gasteiger charge is -2.30. The second-order valence-corrected chi connectivity index (χ2v) is 8.51. The molecule has 2 aliphatic rings. The number of benzene rings is 1. The lowest BCUT2D eigenvalue weighted by Crippen LogP contribution is -2.39. The van der Waals surface area contributed by atoms with Crippen LogP contribution in [0.2, 0.25) is 0 Å². The molecule has 0 saturated carbocycles. The van der Waals surface area contributed by atoms with E-state index in [-0.39, 0.29) is 29.0 Å². The molecule has 7 nitrogen and oxygen atoms in total. The Labute approximate surface area is 180 Å². The quantitative estimate of drug-likeness (QED) is 0.657. The molecule has 3 aromatic rings. The number of rotatable bonds is 3. The molecule has 0 N–H and O–H groups in total. The molecule has 7 heteroatoms. The highest BCUT2D eigenvalue weighted by Crippen LogP contribution is 2.46. The molecule has 0 unspecified atom stereocenters. The largest absolute Gasteiger partial charge is 0.354 e. The molecule has 2 aromatic heterocycles. The van der Waals surface area contributed by atoms with Crippen LogP contribution in [-0.4, -0.2) is 45.2 Å². The number of aromatic nitrogens is 3. The maximum Gasteiger partial charge on any atom is 0.263 e. The van der Waals surface area contributed by atoms with E-state index in [0.717, 1.165) is 30.2 Å². The van der Waals surface area contributed by atoms with Crippen molar-refractivity contribution in [2.24, 2.45) is 18.9 Å². The predicted octanol–water partition coefficient (Wildman–Crippen LogP) is 2.43. The Morgan fingerprint density at radius 2 is 1.77 bits per heavy atom. The van der Waals surface area contributed by atoms with Gasteiger partial charge in [-0.25, -0.2) is 0 Å². The van der Waals surface area contributed by atoms with Crippen molar-refractivity contribution >= 4 is 11.7 Å². The molecule has 2 saturated heterocycles. The van der Waals surface area contributed by atoms with Gasteiger partial charge in [0.25, 0.3) is 11.5 Å². The molecule has 0 aliphatic carbocycles. The molecule has 3 atom stereocenters. The van der Waals surface area contributed by atoms with Crippen LogP contribution < -0.4 is 10.5 Å². The van der Waals surface area contributed by atoms with Gasteiger partial charge in [0.15, 0.2) is 5.82 Å². The van der Waals surface area contributed by atoms with Crippen molar-refractivity contribution in [2.75, 3.05) is 24.5 Å². The Hall–Kier alpha value is -3.48. The fourth-order valence-corrected chi connectivity index (χ4v) is 4.99. The summed E-state index contributed by atoms with van der Waals surface area (Å²) in [4.78, 5) is 30.3. The van der Waals surface area contributed by atoms with Gasteiger partial charge in [-0.3, -0.25) is 9.59 Å². The summed E-state index contributed by atoms with van der Waals surface area (Å²) >= 11 is 0. The molecular weight excluding hydrogens is 390 g/mol. The van der Waals surface area contributed by atoms with Crippen LogP contribution in [0.15, 0.2) is 65.6 Å². The normalized spacial score (nSPS) is 22.6. The van der Waals surface area contributed by atoms with Gasteiger partial charge in [0.2, 0.25) is 0 Å². The Morgan fingerprint density at radius 1 is 0.968 bits per heavy atom. The minimum Gasteiger partial charge on any atom is -0.354 e. The number of carbonyl (C=O) groups is 1. The van der Waals surface area contributed by atoms with E-state index in [1.165, 1.54) is 4.57 Å². The van der Waals surface area contributed by atoms with Gasteiger partial charge in [0.05, 0.1) is 11.7 Å². The van der Waals surface area contributed by atoms with Gasteiger partial charge < -0.3 is 14.4 Å². The van der Waals surface area contributed by atoms with Gasteiger partial charge in [-0.05, 0) is 36.8 Å². The van der Waals surface area contributed by atoms with E-state index >= 15 is 0 Å². The first-order valence-corrected chi connectivity index (χ1v) is 10.6. The van der Waals surface area contributed by atoms with E-state index in [4.69, 9.17) is 0 Å². The number of pyridine rings is 1. The van der Waals surface area contributed by atoms with Crippen molar-refractivity contribution < 1.29 is 4.79 Å². The van der Waals surface area contributed by atoms with E-state index in [9.17, 15) is 9.59 Å². The number of anilines is 1. The van der Waals surface area contributed by atoms with Crippen LogP contribution in [0.3, 0.4) is 0 Å². The van der Waals surface area contributed by atoms with Gasteiger partial charge in [-0.15, -0.1) is 5.10 Å². The van der Waals surface area contributed by atoms with Crippen molar-refractivity contribution in [1.82, 2.24) is 19.7 Å². The first-order valence-electron chi connectivity index (χ1n) is 10.6. The highest BCUT2D eigenvalue weighted by molar-refractivity contribution is 5.94. The van der Waals surface area contributed by atoms with Gasteiger partial charge in [-0.2, -0.15) is 5.10 Å². The third kappa shape index (κ3) is 3.40. The second kappa shape index (κ2) is 7.65. The zero-order chi connectivity index (χ0) is 21.5. The lowest BCUT2D eigenvalue weighted by molar-refractivity contribution is 0.0713. The van der Waals surface area contributed by atoms with Crippen LogP contribution in [-0.2, 0) is 7.05 Å². The summed E-state index contributed by atoms with van der Waals surface area (Å²) in [6.45, 7) is 4.18. The minimum atomic E-state index is -0.257. The molecular formula is C24H25N5O2. The summed E-state index contributed by atoms with van der Waals surface area (Å²) in [5.74, 6) is 1.26. The van der Waals surface area contributed by atoms with Crippen molar-refractivity contribution in [1.29, 1.82) is 0 Å². The fourth-order valence-electron chi connectivity index (χ4n) is 4.99. The van der Waals surface area contributed by atoms with Crippen LogP contribution in [0.25, 0.3) is 0 Å². The highest BCUT2D eigenvalue weighted by Gasteiger charge is 2.49. The van der Waals surface area contributed by atoms with Crippen molar-refractivity contribution in [3.8, 4) is 0 Å². The maximum absolute atomic E-state index is 13.5. The molecule has 0 radical (unpaired) electrons. The SMILES string of the molecule is Cc1ccc(N2C[C@H]3CN(C(=O)c4cccn(C)c4=O)[C@@H](c4ccccc4)[C@H]3C2)nn1. The molecule has 5 rings (SSSR count). The fraction of sp³-hybridized carbons (Fsp3) is 0.333. The number of carbonyl (C=O) groups excluding carboxylic acids is 1. The van der Waals surface area contributed by atoms with Crippen LogP contribution in [0.1, 0.15) is 27.7 Å². The molecule has 0 spiro atoms. The number of nitrogens with zero attached hydrogens (tertiary/aromatic N) is 5. The van der Waals surface area contributed by atoms with Crippen molar-refractivity contribution in [3.05, 3.63) is 88.0 Å². The van der Waals surface area contributed by atoms with Crippen molar-refractivity contribution in [2.45, 2.75) is 13.0 Å². The number of amides is 1. The molecule has 1 aromatic carbocycles. The zero-order valence-electron chi connectivity index (χ0n) is 17.7. The summed E-state index contributed by atoms with van der Waals surface area (Å²) in [5.41, 5.74) is 1.97. The predicted molar refractivity (Wildman–Crippen MR) is 118 cm³/mol. The third-order valence-corrected chi connectivity index (χ3v) is 6.53. The smallest absolute Gasteiger partial charge is 0.263 e. The number of fused-ring (bicyclic) bond motifs is 1.